The van der Waals surface area contributed by atoms with Crippen molar-refractivity contribution in [3.05, 3.63) is 11.3 Å². The Morgan fingerprint density at radius 1 is 0.800 bits per heavy atom. The minimum absolute atomic E-state index is 0.193. The maximum Gasteiger partial charge on any atom is 0.320 e. The molecule has 0 unspecified atom stereocenters. The second-order valence-electron chi connectivity index (χ2n) is 7.56. The van der Waals surface area contributed by atoms with Crippen molar-refractivity contribution in [2.24, 2.45) is 4.99 Å². The molecule has 0 aromatic rings. The molecular formula is C19H28N4O2. The summed E-state index contributed by atoms with van der Waals surface area (Å²) >= 11 is 0. The van der Waals surface area contributed by atoms with Crippen LogP contribution >= 0.6 is 0 Å². The predicted molar refractivity (Wildman–Crippen MR) is 96.5 cm³/mol. The first-order valence-corrected chi connectivity index (χ1v) is 9.84. The Bertz CT molecular complexity index is 611. The van der Waals surface area contributed by atoms with Crippen molar-refractivity contribution in [1.29, 1.82) is 0 Å². The van der Waals surface area contributed by atoms with Gasteiger partial charge < -0.3 is 14.7 Å². The standard InChI is InChI=1S/C19H28N4O2/c24-17-14-18(20-16-7-3-2-6-15(16)17)21-10-12-23(13-11-21)19(25)22-8-4-1-5-9-22/h1-14H2. The second kappa shape index (κ2) is 7.18. The van der Waals surface area contributed by atoms with Gasteiger partial charge >= 0.3 is 6.03 Å². The summed E-state index contributed by atoms with van der Waals surface area (Å²) in [5.74, 6) is 1.20. The number of carbonyl (C=O) groups is 2. The van der Waals surface area contributed by atoms with Gasteiger partial charge in [-0.1, -0.05) is 0 Å². The number of hydrogen-bond donors (Lipinski definition) is 0. The van der Waals surface area contributed by atoms with Crippen molar-refractivity contribution in [3.8, 4) is 0 Å². The first kappa shape index (κ1) is 16.6. The van der Waals surface area contributed by atoms with Crippen LogP contribution in [0.25, 0.3) is 0 Å². The molecule has 0 saturated carbocycles. The molecule has 25 heavy (non-hydrogen) atoms. The quantitative estimate of drug-likeness (QED) is 0.678. The number of piperidine rings is 1. The molecule has 6 nitrogen and oxygen atoms in total. The molecule has 0 spiro atoms. The van der Waals surface area contributed by atoms with Crippen LogP contribution in [-0.4, -0.2) is 71.6 Å². The first-order valence-electron chi connectivity index (χ1n) is 9.84. The third-order valence-corrected chi connectivity index (χ3v) is 5.90. The van der Waals surface area contributed by atoms with Crippen molar-refractivity contribution in [2.75, 3.05) is 39.3 Å². The number of ketones is 1. The maximum atomic E-state index is 12.6. The topological polar surface area (TPSA) is 56.2 Å². The lowest BCUT2D eigenvalue weighted by molar-refractivity contribution is -0.115. The van der Waals surface area contributed by atoms with Crippen LogP contribution in [0.15, 0.2) is 16.3 Å². The fraction of sp³-hybridized carbons (Fsp3) is 0.737. The number of carbonyl (C=O) groups excluding carboxylic acids is 2. The number of amidine groups is 1. The number of Topliss-reactive ketones (excluding diaryl/α,β-unsaturated/α-hetero) is 1. The number of piperazine rings is 1. The predicted octanol–water partition coefficient (Wildman–Crippen LogP) is 2.41. The Morgan fingerprint density at radius 2 is 1.48 bits per heavy atom. The Labute approximate surface area is 149 Å². The molecule has 2 fully saturated rings. The van der Waals surface area contributed by atoms with Crippen molar-refractivity contribution in [1.82, 2.24) is 14.7 Å². The maximum absolute atomic E-state index is 12.6. The number of rotatable bonds is 0. The van der Waals surface area contributed by atoms with Gasteiger partial charge in [-0.05, 0) is 44.9 Å². The van der Waals surface area contributed by atoms with Gasteiger partial charge in [0.25, 0.3) is 0 Å². The summed E-state index contributed by atoms with van der Waals surface area (Å²) in [5, 5.41) is 0. The molecule has 0 aromatic carbocycles. The Kier molecular flexibility index (Phi) is 4.77. The highest BCUT2D eigenvalue weighted by molar-refractivity contribution is 6.11. The molecule has 3 heterocycles. The highest BCUT2D eigenvalue weighted by Gasteiger charge is 2.31. The van der Waals surface area contributed by atoms with E-state index in [1.165, 1.54) is 6.42 Å². The zero-order valence-corrected chi connectivity index (χ0v) is 15.0. The molecule has 0 atom stereocenters. The summed E-state index contributed by atoms with van der Waals surface area (Å²) < 4.78 is 0. The molecule has 1 aliphatic carbocycles. The van der Waals surface area contributed by atoms with E-state index in [9.17, 15) is 9.59 Å². The smallest absolute Gasteiger partial charge is 0.320 e. The lowest BCUT2D eigenvalue weighted by Crippen LogP contribution is -2.55. The van der Waals surface area contributed by atoms with E-state index in [1.807, 2.05) is 9.80 Å². The van der Waals surface area contributed by atoms with Crippen LogP contribution in [0.4, 0.5) is 4.79 Å². The van der Waals surface area contributed by atoms with Crippen molar-refractivity contribution in [2.45, 2.75) is 51.4 Å². The van der Waals surface area contributed by atoms with Gasteiger partial charge in [0.15, 0.2) is 5.78 Å². The number of allylic oxidation sites excluding steroid dienone is 2. The van der Waals surface area contributed by atoms with Crippen molar-refractivity contribution < 1.29 is 9.59 Å². The minimum Gasteiger partial charge on any atom is -0.356 e. The summed E-state index contributed by atoms with van der Waals surface area (Å²) in [5.41, 5.74) is 2.01. The van der Waals surface area contributed by atoms with Gasteiger partial charge in [-0.25, -0.2) is 9.79 Å². The first-order chi connectivity index (χ1) is 12.2. The van der Waals surface area contributed by atoms with E-state index in [-0.39, 0.29) is 11.8 Å². The minimum atomic E-state index is 0.193. The highest BCUT2D eigenvalue weighted by Crippen LogP contribution is 2.31. The van der Waals surface area contributed by atoms with Gasteiger partial charge in [0.2, 0.25) is 0 Å². The molecule has 6 heteroatoms. The molecule has 2 saturated heterocycles. The van der Waals surface area contributed by atoms with Gasteiger partial charge in [-0.3, -0.25) is 4.79 Å². The molecule has 0 N–H and O–H groups in total. The molecule has 4 rings (SSSR count). The third-order valence-electron chi connectivity index (χ3n) is 5.90. The van der Waals surface area contributed by atoms with Crippen LogP contribution in [0.2, 0.25) is 0 Å². The van der Waals surface area contributed by atoms with E-state index in [4.69, 9.17) is 4.99 Å². The number of amides is 2. The molecule has 0 bridgehead atoms. The SMILES string of the molecule is O=C1CC(N2CCN(C(=O)N3CCCCC3)CC2)=NC2=C1CCCC2. The molecule has 2 amide bonds. The van der Waals surface area contributed by atoms with Crippen molar-refractivity contribution >= 4 is 17.6 Å². The lowest BCUT2D eigenvalue weighted by Gasteiger charge is -2.40. The van der Waals surface area contributed by atoms with Crippen LogP contribution in [0.3, 0.4) is 0 Å². The summed E-state index contributed by atoms with van der Waals surface area (Å²) in [6.45, 7) is 4.83. The summed E-state index contributed by atoms with van der Waals surface area (Å²) in [6, 6.07) is 0.193. The molecule has 4 aliphatic rings. The summed E-state index contributed by atoms with van der Waals surface area (Å²) in [4.78, 5) is 36.1. The van der Waals surface area contributed by atoms with Crippen LogP contribution in [-0.2, 0) is 4.79 Å². The van der Waals surface area contributed by atoms with Gasteiger partial charge in [0.05, 0.1) is 6.42 Å². The number of aliphatic imine (C=N–C) groups is 1. The van der Waals surface area contributed by atoms with Crippen LogP contribution in [0.1, 0.15) is 51.4 Å². The Balaban J connectivity index is 1.37. The molecular weight excluding hydrogens is 316 g/mol. The van der Waals surface area contributed by atoms with Gasteiger partial charge in [0, 0.05) is 50.5 Å². The summed E-state index contributed by atoms with van der Waals surface area (Å²) in [7, 11) is 0. The largest absolute Gasteiger partial charge is 0.356 e. The zero-order valence-electron chi connectivity index (χ0n) is 15.0. The second-order valence-corrected chi connectivity index (χ2v) is 7.56. The zero-order chi connectivity index (χ0) is 17.2. The number of hydrogen-bond acceptors (Lipinski definition) is 4. The van der Waals surface area contributed by atoms with Crippen LogP contribution < -0.4 is 0 Å². The molecule has 0 aromatic heterocycles. The average Bonchev–Trinajstić information content (AvgIpc) is 2.68. The molecule has 3 aliphatic heterocycles. The van der Waals surface area contributed by atoms with E-state index >= 15 is 0 Å². The molecule has 136 valence electrons. The lowest BCUT2D eigenvalue weighted by atomic mass is 9.90. The van der Waals surface area contributed by atoms with Crippen molar-refractivity contribution in [3.63, 3.8) is 0 Å². The highest BCUT2D eigenvalue weighted by atomic mass is 16.2. The Hall–Kier alpha value is -1.85. The molecule has 0 radical (unpaired) electrons. The number of nitrogens with zero attached hydrogens (tertiary/aromatic N) is 4. The fourth-order valence-corrected chi connectivity index (χ4v) is 4.38. The Morgan fingerprint density at radius 3 is 2.24 bits per heavy atom. The van der Waals surface area contributed by atoms with E-state index in [0.29, 0.717) is 6.42 Å². The number of likely N-dealkylation sites (tertiary alicyclic amines) is 1. The normalized spacial score (nSPS) is 25.0. The van der Waals surface area contributed by atoms with E-state index in [1.54, 1.807) is 0 Å². The third kappa shape index (κ3) is 3.44. The summed E-state index contributed by atoms with van der Waals surface area (Å²) in [6.07, 6.45) is 8.04. The van der Waals surface area contributed by atoms with Gasteiger partial charge in [0.1, 0.15) is 5.84 Å². The van der Waals surface area contributed by atoms with Gasteiger partial charge in [-0.2, -0.15) is 0 Å². The van der Waals surface area contributed by atoms with Gasteiger partial charge in [-0.15, -0.1) is 0 Å². The van der Waals surface area contributed by atoms with E-state index < -0.39 is 0 Å². The van der Waals surface area contributed by atoms with E-state index in [0.717, 1.165) is 94.9 Å². The van der Waals surface area contributed by atoms with Crippen LogP contribution in [0.5, 0.6) is 0 Å². The van der Waals surface area contributed by atoms with Crippen LogP contribution in [0, 0.1) is 0 Å². The fourth-order valence-electron chi connectivity index (χ4n) is 4.38. The number of urea groups is 1. The monoisotopic (exact) mass is 344 g/mol. The average molecular weight is 344 g/mol. The van der Waals surface area contributed by atoms with E-state index in [2.05, 4.69) is 4.90 Å².